The minimum absolute atomic E-state index is 0.0325. The molecular weight excluding hydrogens is 342 g/mol. The van der Waals surface area contributed by atoms with Gasteiger partial charge in [0.2, 0.25) is 0 Å². The molecule has 3 aromatic rings. The van der Waals surface area contributed by atoms with Gasteiger partial charge in [-0.3, -0.25) is 4.98 Å². The van der Waals surface area contributed by atoms with Gasteiger partial charge in [-0.2, -0.15) is 0 Å². The Morgan fingerprint density at radius 2 is 1.81 bits per heavy atom. The molecule has 0 saturated carbocycles. The van der Waals surface area contributed by atoms with Crippen molar-refractivity contribution in [1.29, 1.82) is 0 Å². The molecule has 0 aliphatic carbocycles. The van der Waals surface area contributed by atoms with Crippen molar-refractivity contribution in [3.63, 3.8) is 0 Å². The Labute approximate surface area is 158 Å². The van der Waals surface area contributed by atoms with Gasteiger partial charge in [0, 0.05) is 17.8 Å². The second-order valence-electron chi connectivity index (χ2n) is 6.70. The summed E-state index contributed by atoms with van der Waals surface area (Å²) in [6.45, 7) is 4.28. The number of nitrogens with zero attached hydrogens (tertiary/aromatic N) is 2. The molecule has 1 aromatic carbocycles. The zero-order chi connectivity index (χ0) is 18.1. The van der Waals surface area contributed by atoms with Crippen LogP contribution in [0, 0.1) is 0 Å². The molecule has 2 aromatic heterocycles. The van der Waals surface area contributed by atoms with Crippen molar-refractivity contribution >= 4 is 17.3 Å². The largest absolute Gasteiger partial charge is 0.459 e. The smallest absolute Gasteiger partial charge is 0.170 e. The molecule has 0 amide bonds. The average Bonchev–Trinajstić information content (AvgIpc) is 3.27. The summed E-state index contributed by atoms with van der Waals surface area (Å²) in [4.78, 5) is 6.74. The Hall–Kier alpha value is -2.66. The number of aromatic nitrogens is 1. The summed E-state index contributed by atoms with van der Waals surface area (Å²) in [7, 11) is 0. The van der Waals surface area contributed by atoms with Crippen molar-refractivity contribution in [3.05, 3.63) is 78.3 Å². The molecule has 1 aliphatic rings. The van der Waals surface area contributed by atoms with Crippen LogP contribution in [0.3, 0.4) is 0 Å². The van der Waals surface area contributed by atoms with Crippen LogP contribution in [-0.2, 0) is 0 Å². The van der Waals surface area contributed by atoms with Crippen molar-refractivity contribution in [2.75, 3.05) is 0 Å². The van der Waals surface area contributed by atoms with Gasteiger partial charge in [-0.15, -0.1) is 0 Å². The maximum Gasteiger partial charge on any atom is 0.170 e. The van der Waals surface area contributed by atoms with Gasteiger partial charge < -0.3 is 14.6 Å². The molecule has 5 heteroatoms. The quantitative estimate of drug-likeness (QED) is 0.679. The predicted octanol–water partition coefficient (Wildman–Crippen LogP) is 4.72. The number of benzene rings is 1. The second kappa shape index (κ2) is 6.92. The lowest BCUT2D eigenvalue weighted by Gasteiger charge is -2.29. The lowest BCUT2D eigenvalue weighted by atomic mass is 10.0. The van der Waals surface area contributed by atoms with Crippen LogP contribution in [0.5, 0.6) is 0 Å². The maximum absolute atomic E-state index is 6.27. The summed E-state index contributed by atoms with van der Waals surface area (Å²) in [6, 6.07) is 20.3. The van der Waals surface area contributed by atoms with E-state index in [9.17, 15) is 0 Å². The standard InChI is InChI=1S/C21H21N3OS/c1-14(2)24-20(19(23-21(24)26)16-10-6-7-13-22-16)18-12-11-17(25-18)15-8-4-3-5-9-15/h3-14,19-20H,1-2H3,(H,23,26)/t19-,20+/m0/s1. The fourth-order valence-electron chi connectivity index (χ4n) is 3.50. The highest BCUT2D eigenvalue weighted by molar-refractivity contribution is 7.80. The number of furan rings is 1. The van der Waals surface area contributed by atoms with E-state index < -0.39 is 0 Å². The number of thiocarbonyl (C=S) groups is 1. The van der Waals surface area contributed by atoms with Crippen LogP contribution in [0.15, 0.2) is 71.3 Å². The van der Waals surface area contributed by atoms with Crippen molar-refractivity contribution in [2.45, 2.75) is 32.0 Å². The Balaban J connectivity index is 1.75. The summed E-state index contributed by atoms with van der Waals surface area (Å²) in [6.07, 6.45) is 1.81. The van der Waals surface area contributed by atoms with Gasteiger partial charge in [0.15, 0.2) is 5.11 Å². The van der Waals surface area contributed by atoms with Gasteiger partial charge in [0.05, 0.1) is 11.7 Å². The fraction of sp³-hybridized carbons (Fsp3) is 0.238. The van der Waals surface area contributed by atoms with E-state index in [0.717, 1.165) is 27.9 Å². The second-order valence-corrected chi connectivity index (χ2v) is 7.08. The Morgan fingerprint density at radius 1 is 1.04 bits per heavy atom. The minimum Gasteiger partial charge on any atom is -0.459 e. The van der Waals surface area contributed by atoms with Crippen molar-refractivity contribution in [2.24, 2.45) is 0 Å². The third kappa shape index (κ3) is 2.99. The van der Waals surface area contributed by atoms with Crippen LogP contribution in [0.25, 0.3) is 11.3 Å². The van der Waals surface area contributed by atoms with E-state index in [0.29, 0.717) is 0 Å². The van der Waals surface area contributed by atoms with E-state index in [2.05, 4.69) is 41.2 Å². The number of hydrogen-bond donors (Lipinski definition) is 1. The predicted molar refractivity (Wildman–Crippen MR) is 107 cm³/mol. The fourth-order valence-corrected chi connectivity index (χ4v) is 3.95. The van der Waals surface area contributed by atoms with Crippen LogP contribution in [-0.4, -0.2) is 21.0 Å². The highest BCUT2D eigenvalue weighted by Crippen LogP contribution is 2.41. The average molecular weight is 363 g/mol. The van der Waals surface area contributed by atoms with E-state index in [1.807, 2.05) is 54.7 Å². The van der Waals surface area contributed by atoms with Gasteiger partial charge in [-0.25, -0.2) is 0 Å². The zero-order valence-electron chi connectivity index (χ0n) is 14.8. The molecule has 0 bridgehead atoms. The van der Waals surface area contributed by atoms with E-state index in [1.165, 1.54) is 0 Å². The van der Waals surface area contributed by atoms with Crippen LogP contribution in [0.2, 0.25) is 0 Å². The first-order valence-electron chi connectivity index (χ1n) is 8.80. The zero-order valence-corrected chi connectivity index (χ0v) is 15.6. The number of pyridine rings is 1. The highest BCUT2D eigenvalue weighted by atomic mass is 32.1. The molecule has 0 spiro atoms. The molecular formula is C21H21N3OS. The van der Waals surface area contributed by atoms with E-state index in [4.69, 9.17) is 16.6 Å². The van der Waals surface area contributed by atoms with Gasteiger partial charge in [-0.1, -0.05) is 36.4 Å². The third-order valence-electron chi connectivity index (χ3n) is 4.67. The first-order valence-corrected chi connectivity index (χ1v) is 9.21. The SMILES string of the molecule is CC(C)N1C(=S)N[C@@H](c2ccccn2)[C@H]1c1ccc(-c2ccccc2)o1. The summed E-state index contributed by atoms with van der Waals surface area (Å²) in [5, 5.41) is 4.17. The van der Waals surface area contributed by atoms with E-state index >= 15 is 0 Å². The number of nitrogens with one attached hydrogen (secondary N) is 1. The lowest BCUT2D eigenvalue weighted by Crippen LogP contribution is -2.35. The summed E-state index contributed by atoms with van der Waals surface area (Å²) in [5.41, 5.74) is 2.03. The summed E-state index contributed by atoms with van der Waals surface area (Å²) < 4.78 is 6.27. The number of hydrogen-bond acceptors (Lipinski definition) is 3. The highest BCUT2D eigenvalue weighted by Gasteiger charge is 2.42. The molecule has 4 nitrogen and oxygen atoms in total. The topological polar surface area (TPSA) is 41.3 Å². The Bertz CT molecular complexity index is 892. The molecule has 1 N–H and O–H groups in total. The third-order valence-corrected chi connectivity index (χ3v) is 5.00. The van der Waals surface area contributed by atoms with Crippen molar-refractivity contribution in [1.82, 2.24) is 15.2 Å². The van der Waals surface area contributed by atoms with Crippen molar-refractivity contribution < 1.29 is 4.42 Å². The lowest BCUT2D eigenvalue weighted by molar-refractivity contribution is 0.237. The molecule has 132 valence electrons. The van der Waals surface area contributed by atoms with Crippen LogP contribution >= 0.6 is 12.2 Å². The van der Waals surface area contributed by atoms with Crippen molar-refractivity contribution in [3.8, 4) is 11.3 Å². The molecule has 3 heterocycles. The molecule has 0 unspecified atom stereocenters. The van der Waals surface area contributed by atoms with E-state index in [-0.39, 0.29) is 18.1 Å². The molecule has 4 rings (SSSR count). The van der Waals surface area contributed by atoms with Gasteiger partial charge in [0.25, 0.3) is 0 Å². The molecule has 0 radical (unpaired) electrons. The molecule has 2 atom stereocenters. The maximum atomic E-state index is 6.27. The first-order chi connectivity index (χ1) is 12.6. The van der Waals surface area contributed by atoms with Gasteiger partial charge in [-0.05, 0) is 50.3 Å². The van der Waals surface area contributed by atoms with E-state index in [1.54, 1.807) is 0 Å². The Kier molecular flexibility index (Phi) is 4.47. The van der Waals surface area contributed by atoms with Crippen LogP contribution < -0.4 is 5.32 Å². The van der Waals surface area contributed by atoms with Crippen LogP contribution in [0.4, 0.5) is 0 Å². The number of rotatable bonds is 4. The van der Waals surface area contributed by atoms with Gasteiger partial charge in [0.1, 0.15) is 17.6 Å². The molecule has 1 aliphatic heterocycles. The first kappa shape index (κ1) is 16.8. The molecule has 1 fully saturated rings. The minimum atomic E-state index is -0.0409. The monoisotopic (exact) mass is 363 g/mol. The molecule has 1 saturated heterocycles. The summed E-state index contributed by atoms with van der Waals surface area (Å²) >= 11 is 5.62. The normalized spacial score (nSPS) is 19.8. The van der Waals surface area contributed by atoms with Gasteiger partial charge >= 0.3 is 0 Å². The summed E-state index contributed by atoms with van der Waals surface area (Å²) in [5.74, 6) is 1.75. The Morgan fingerprint density at radius 3 is 2.50 bits per heavy atom. The molecule has 26 heavy (non-hydrogen) atoms. The van der Waals surface area contributed by atoms with Crippen LogP contribution in [0.1, 0.15) is 37.4 Å².